The molecule has 0 radical (unpaired) electrons. The molecule has 1 aliphatic heterocycles. The number of carbonyl (C=O) groups is 1. The molecule has 1 aliphatic rings. The minimum Gasteiger partial charge on any atom is -0.492 e. The zero-order chi connectivity index (χ0) is 13.7. The Morgan fingerprint density at radius 2 is 2.37 bits per heavy atom. The molecule has 0 unspecified atom stereocenters. The van der Waals surface area contributed by atoms with Crippen molar-refractivity contribution in [1.82, 2.24) is 5.32 Å². The molecular formula is C14H19FN2O2. The van der Waals surface area contributed by atoms with E-state index in [1.54, 1.807) is 0 Å². The number of halogens is 1. The Morgan fingerprint density at radius 1 is 1.53 bits per heavy atom. The number of piperidine rings is 1. The average molecular weight is 266 g/mol. The van der Waals surface area contributed by atoms with E-state index < -0.39 is 0 Å². The maximum atomic E-state index is 13.2. The van der Waals surface area contributed by atoms with Crippen LogP contribution in [0.25, 0.3) is 0 Å². The van der Waals surface area contributed by atoms with Gasteiger partial charge >= 0.3 is 0 Å². The van der Waals surface area contributed by atoms with E-state index in [9.17, 15) is 9.18 Å². The van der Waals surface area contributed by atoms with Crippen molar-refractivity contribution in [1.29, 1.82) is 0 Å². The molecular weight excluding hydrogens is 247 g/mol. The van der Waals surface area contributed by atoms with Gasteiger partial charge in [-0.05, 0) is 38.4 Å². The van der Waals surface area contributed by atoms with Crippen LogP contribution in [0, 0.1) is 5.82 Å². The smallest absolute Gasteiger partial charge is 0.241 e. The number of carbonyl (C=O) groups excluding carboxylic acids is 1. The van der Waals surface area contributed by atoms with Crippen LogP contribution in [-0.4, -0.2) is 25.1 Å². The third-order valence-corrected chi connectivity index (χ3v) is 3.13. The fourth-order valence-electron chi connectivity index (χ4n) is 2.17. The predicted molar refractivity (Wildman–Crippen MR) is 71.8 cm³/mol. The summed E-state index contributed by atoms with van der Waals surface area (Å²) >= 11 is 0. The molecule has 1 amide bonds. The van der Waals surface area contributed by atoms with E-state index in [1.165, 1.54) is 18.2 Å². The molecule has 0 saturated carbocycles. The Balaban J connectivity index is 2.06. The predicted octanol–water partition coefficient (Wildman–Crippen LogP) is 2.30. The maximum absolute atomic E-state index is 13.2. The summed E-state index contributed by atoms with van der Waals surface area (Å²) in [5, 5.41) is 5.97. The normalized spacial score (nSPS) is 18.9. The second-order valence-electron chi connectivity index (χ2n) is 4.57. The molecule has 1 atom stereocenters. The molecule has 1 saturated heterocycles. The van der Waals surface area contributed by atoms with Gasteiger partial charge in [0.2, 0.25) is 5.91 Å². The van der Waals surface area contributed by atoms with Gasteiger partial charge in [0.15, 0.2) is 0 Å². The summed E-state index contributed by atoms with van der Waals surface area (Å²) in [6.45, 7) is 3.10. The number of nitrogens with one attached hydrogen (secondary N) is 2. The van der Waals surface area contributed by atoms with E-state index in [-0.39, 0.29) is 17.8 Å². The lowest BCUT2D eigenvalue weighted by Gasteiger charge is -2.23. The molecule has 4 nitrogen and oxygen atoms in total. The molecule has 1 aromatic carbocycles. The highest BCUT2D eigenvalue weighted by Crippen LogP contribution is 2.26. The lowest BCUT2D eigenvalue weighted by atomic mass is 10.0. The molecule has 0 aliphatic carbocycles. The van der Waals surface area contributed by atoms with Gasteiger partial charge in [-0.2, -0.15) is 0 Å². The highest BCUT2D eigenvalue weighted by atomic mass is 19.1. The van der Waals surface area contributed by atoms with Crippen molar-refractivity contribution < 1.29 is 13.9 Å². The number of benzene rings is 1. The van der Waals surface area contributed by atoms with Gasteiger partial charge in [-0.25, -0.2) is 4.39 Å². The molecule has 19 heavy (non-hydrogen) atoms. The molecule has 104 valence electrons. The zero-order valence-electron chi connectivity index (χ0n) is 11.0. The topological polar surface area (TPSA) is 50.4 Å². The van der Waals surface area contributed by atoms with Gasteiger partial charge in [-0.3, -0.25) is 4.79 Å². The minimum absolute atomic E-state index is 0.0905. The molecule has 0 bridgehead atoms. The van der Waals surface area contributed by atoms with Gasteiger partial charge in [0.05, 0.1) is 18.3 Å². The van der Waals surface area contributed by atoms with Crippen molar-refractivity contribution in [2.24, 2.45) is 0 Å². The van der Waals surface area contributed by atoms with Crippen LogP contribution in [-0.2, 0) is 4.79 Å². The van der Waals surface area contributed by atoms with Crippen LogP contribution < -0.4 is 15.4 Å². The summed E-state index contributed by atoms with van der Waals surface area (Å²) in [6.07, 6.45) is 2.98. The first-order chi connectivity index (χ1) is 9.20. The van der Waals surface area contributed by atoms with Crippen molar-refractivity contribution in [3.8, 4) is 5.75 Å². The lowest BCUT2D eigenvalue weighted by molar-refractivity contribution is -0.118. The summed E-state index contributed by atoms with van der Waals surface area (Å²) in [5.41, 5.74) is 0.514. The zero-order valence-corrected chi connectivity index (χ0v) is 11.0. The lowest BCUT2D eigenvalue weighted by Crippen LogP contribution is -2.43. The van der Waals surface area contributed by atoms with Crippen molar-refractivity contribution >= 4 is 11.6 Å². The minimum atomic E-state index is -0.378. The van der Waals surface area contributed by atoms with Gasteiger partial charge in [0, 0.05) is 6.07 Å². The molecule has 0 aromatic heterocycles. The first kappa shape index (κ1) is 13.8. The highest BCUT2D eigenvalue weighted by Gasteiger charge is 2.21. The van der Waals surface area contributed by atoms with Crippen LogP contribution in [0.2, 0.25) is 0 Å². The SMILES string of the molecule is CCOc1cc(F)ccc1NC(=O)[C@H]1CCCCN1. The van der Waals surface area contributed by atoms with Crippen molar-refractivity contribution in [3.05, 3.63) is 24.0 Å². The third-order valence-electron chi connectivity index (χ3n) is 3.13. The Kier molecular flexibility index (Phi) is 4.74. The monoisotopic (exact) mass is 266 g/mol. The standard InChI is InChI=1S/C14H19FN2O2/c1-2-19-13-9-10(15)6-7-11(13)17-14(18)12-5-3-4-8-16-12/h6-7,9,12,16H,2-5,8H2,1H3,(H,17,18)/t12-/m1/s1. The Morgan fingerprint density at radius 3 is 3.05 bits per heavy atom. The van der Waals surface area contributed by atoms with E-state index in [0.717, 1.165) is 25.8 Å². The quantitative estimate of drug-likeness (QED) is 0.879. The first-order valence-corrected chi connectivity index (χ1v) is 6.67. The number of amides is 1. The van der Waals surface area contributed by atoms with Gasteiger partial charge in [-0.15, -0.1) is 0 Å². The number of anilines is 1. The van der Waals surface area contributed by atoms with E-state index in [1.807, 2.05) is 6.92 Å². The Bertz CT molecular complexity index is 445. The van der Waals surface area contributed by atoms with E-state index in [0.29, 0.717) is 18.0 Å². The molecule has 0 spiro atoms. The molecule has 1 aromatic rings. The summed E-state index contributed by atoms with van der Waals surface area (Å²) in [5.74, 6) is -0.101. The van der Waals surface area contributed by atoms with Crippen LogP contribution in [0.15, 0.2) is 18.2 Å². The summed E-state index contributed by atoms with van der Waals surface area (Å²) in [6, 6.07) is 3.95. The fraction of sp³-hybridized carbons (Fsp3) is 0.500. The summed E-state index contributed by atoms with van der Waals surface area (Å²) in [4.78, 5) is 12.1. The molecule has 1 heterocycles. The number of hydrogen-bond donors (Lipinski definition) is 2. The van der Waals surface area contributed by atoms with Crippen LogP contribution >= 0.6 is 0 Å². The van der Waals surface area contributed by atoms with E-state index in [4.69, 9.17) is 4.74 Å². The van der Waals surface area contributed by atoms with Gasteiger partial charge in [0.1, 0.15) is 11.6 Å². The van der Waals surface area contributed by atoms with Crippen molar-refractivity contribution in [2.75, 3.05) is 18.5 Å². The second-order valence-corrected chi connectivity index (χ2v) is 4.57. The highest BCUT2D eigenvalue weighted by molar-refractivity contribution is 5.96. The largest absolute Gasteiger partial charge is 0.492 e. The second kappa shape index (κ2) is 6.52. The van der Waals surface area contributed by atoms with Crippen molar-refractivity contribution in [2.45, 2.75) is 32.2 Å². The number of rotatable bonds is 4. The van der Waals surface area contributed by atoms with Crippen LogP contribution in [0.3, 0.4) is 0 Å². The van der Waals surface area contributed by atoms with E-state index >= 15 is 0 Å². The summed E-state index contributed by atoms with van der Waals surface area (Å²) < 4.78 is 18.5. The fourth-order valence-corrected chi connectivity index (χ4v) is 2.17. The molecule has 2 N–H and O–H groups in total. The summed E-state index contributed by atoms with van der Waals surface area (Å²) in [7, 11) is 0. The molecule has 5 heteroatoms. The average Bonchev–Trinajstić information content (AvgIpc) is 2.43. The van der Waals surface area contributed by atoms with Gasteiger partial charge in [-0.1, -0.05) is 6.42 Å². The van der Waals surface area contributed by atoms with Crippen molar-refractivity contribution in [3.63, 3.8) is 0 Å². The third kappa shape index (κ3) is 3.67. The van der Waals surface area contributed by atoms with Crippen LogP contribution in [0.5, 0.6) is 5.75 Å². The molecule has 1 fully saturated rings. The van der Waals surface area contributed by atoms with Crippen LogP contribution in [0.4, 0.5) is 10.1 Å². The number of ether oxygens (including phenoxy) is 1. The van der Waals surface area contributed by atoms with Gasteiger partial charge < -0.3 is 15.4 Å². The Labute approximate surface area is 112 Å². The van der Waals surface area contributed by atoms with E-state index in [2.05, 4.69) is 10.6 Å². The number of hydrogen-bond acceptors (Lipinski definition) is 3. The molecule has 2 rings (SSSR count). The van der Waals surface area contributed by atoms with Crippen LogP contribution in [0.1, 0.15) is 26.2 Å². The first-order valence-electron chi connectivity index (χ1n) is 6.67. The maximum Gasteiger partial charge on any atom is 0.241 e. The Hall–Kier alpha value is -1.62. The van der Waals surface area contributed by atoms with Gasteiger partial charge in [0.25, 0.3) is 0 Å².